The van der Waals surface area contributed by atoms with Crippen LogP contribution in [0.1, 0.15) is 26.7 Å². The largest absolute Gasteiger partial charge is 0.481 e. The van der Waals surface area contributed by atoms with E-state index in [1.165, 1.54) is 0 Å². The van der Waals surface area contributed by atoms with Crippen LogP contribution in [0.2, 0.25) is 0 Å². The summed E-state index contributed by atoms with van der Waals surface area (Å²) in [6, 6.07) is 0.178. The van der Waals surface area contributed by atoms with E-state index in [1.54, 1.807) is 11.9 Å². The van der Waals surface area contributed by atoms with E-state index in [0.717, 1.165) is 12.8 Å². The molecule has 0 aromatic carbocycles. The first kappa shape index (κ1) is 12.8. The van der Waals surface area contributed by atoms with Crippen LogP contribution in [0.5, 0.6) is 0 Å². The molecule has 0 aromatic heterocycles. The Morgan fingerprint density at radius 3 is 2.38 bits per heavy atom. The van der Waals surface area contributed by atoms with E-state index in [4.69, 9.17) is 5.11 Å². The standard InChI is InChI=1S/C11H20N2O3/c1-7(2)9(10(14)15)6-12-11(16)13(3)8-4-5-8/h7-9H,4-6H2,1-3H3,(H,12,16)(H,14,15). The van der Waals surface area contributed by atoms with E-state index in [9.17, 15) is 9.59 Å². The van der Waals surface area contributed by atoms with Crippen molar-refractivity contribution in [1.82, 2.24) is 10.2 Å². The lowest BCUT2D eigenvalue weighted by molar-refractivity contribution is -0.142. The summed E-state index contributed by atoms with van der Waals surface area (Å²) in [5.41, 5.74) is 0. The number of hydrogen-bond donors (Lipinski definition) is 2. The van der Waals surface area contributed by atoms with E-state index in [0.29, 0.717) is 6.04 Å². The van der Waals surface area contributed by atoms with Gasteiger partial charge in [0.1, 0.15) is 0 Å². The van der Waals surface area contributed by atoms with Gasteiger partial charge in [0.2, 0.25) is 0 Å². The average molecular weight is 228 g/mol. The molecule has 0 spiro atoms. The minimum absolute atomic E-state index is 0.0176. The molecule has 0 radical (unpaired) electrons. The summed E-state index contributed by atoms with van der Waals surface area (Å²) in [4.78, 5) is 24.2. The molecule has 2 N–H and O–H groups in total. The molecule has 0 aromatic rings. The van der Waals surface area contributed by atoms with Crippen LogP contribution in [-0.4, -0.2) is 41.6 Å². The number of hydrogen-bond acceptors (Lipinski definition) is 2. The Labute approximate surface area is 95.8 Å². The Hall–Kier alpha value is -1.26. The molecule has 1 fully saturated rings. The normalized spacial score (nSPS) is 17.0. The van der Waals surface area contributed by atoms with Crippen molar-refractivity contribution in [1.29, 1.82) is 0 Å². The highest BCUT2D eigenvalue weighted by atomic mass is 16.4. The fourth-order valence-corrected chi connectivity index (χ4v) is 1.56. The highest BCUT2D eigenvalue weighted by Crippen LogP contribution is 2.25. The van der Waals surface area contributed by atoms with Gasteiger partial charge in [0.25, 0.3) is 0 Å². The van der Waals surface area contributed by atoms with Crippen molar-refractivity contribution in [3.05, 3.63) is 0 Å². The third-order valence-electron chi connectivity index (χ3n) is 3.01. The number of carboxylic acid groups (broad SMARTS) is 1. The Balaban J connectivity index is 2.36. The quantitative estimate of drug-likeness (QED) is 0.741. The number of nitrogens with zero attached hydrogens (tertiary/aromatic N) is 1. The van der Waals surface area contributed by atoms with Crippen LogP contribution in [-0.2, 0) is 4.79 Å². The van der Waals surface area contributed by atoms with Crippen LogP contribution in [0.4, 0.5) is 4.79 Å². The molecule has 1 aliphatic carbocycles. The highest BCUT2D eigenvalue weighted by Gasteiger charge is 2.30. The second kappa shape index (κ2) is 5.18. The lowest BCUT2D eigenvalue weighted by atomic mass is 9.96. The summed E-state index contributed by atoms with van der Waals surface area (Å²) in [6.07, 6.45) is 2.10. The fourth-order valence-electron chi connectivity index (χ4n) is 1.56. The monoisotopic (exact) mass is 228 g/mol. The molecule has 92 valence electrons. The molecule has 0 aliphatic heterocycles. The van der Waals surface area contributed by atoms with Gasteiger partial charge in [-0.15, -0.1) is 0 Å². The number of carbonyl (C=O) groups excluding carboxylic acids is 1. The highest BCUT2D eigenvalue weighted by molar-refractivity contribution is 5.76. The summed E-state index contributed by atoms with van der Waals surface area (Å²) < 4.78 is 0. The molecule has 1 unspecified atom stereocenters. The lowest BCUT2D eigenvalue weighted by Crippen LogP contribution is -2.43. The predicted octanol–water partition coefficient (Wildman–Crippen LogP) is 1.15. The number of carbonyl (C=O) groups is 2. The zero-order valence-electron chi connectivity index (χ0n) is 10.1. The van der Waals surface area contributed by atoms with Crippen molar-refractivity contribution in [2.45, 2.75) is 32.7 Å². The van der Waals surface area contributed by atoms with Gasteiger partial charge in [-0.3, -0.25) is 4.79 Å². The second-order valence-electron chi connectivity index (χ2n) is 4.72. The maximum Gasteiger partial charge on any atom is 0.317 e. The SMILES string of the molecule is CC(C)C(CNC(=O)N(C)C1CC1)C(=O)O. The molecule has 2 amide bonds. The van der Waals surface area contributed by atoms with Crippen molar-refractivity contribution in [2.24, 2.45) is 11.8 Å². The Kier molecular flexibility index (Phi) is 4.15. The van der Waals surface area contributed by atoms with E-state index in [2.05, 4.69) is 5.32 Å². The van der Waals surface area contributed by atoms with E-state index < -0.39 is 11.9 Å². The van der Waals surface area contributed by atoms with Crippen LogP contribution >= 0.6 is 0 Å². The smallest absolute Gasteiger partial charge is 0.317 e. The number of rotatable bonds is 5. The van der Waals surface area contributed by atoms with Gasteiger partial charge in [-0.05, 0) is 18.8 Å². The van der Waals surface area contributed by atoms with Gasteiger partial charge in [-0.25, -0.2) is 4.79 Å². The fraction of sp³-hybridized carbons (Fsp3) is 0.818. The molecule has 5 nitrogen and oxygen atoms in total. The van der Waals surface area contributed by atoms with Crippen LogP contribution in [0.3, 0.4) is 0 Å². The second-order valence-corrected chi connectivity index (χ2v) is 4.72. The van der Waals surface area contributed by atoms with Crippen LogP contribution in [0, 0.1) is 11.8 Å². The molecular weight excluding hydrogens is 208 g/mol. The zero-order valence-corrected chi connectivity index (χ0v) is 10.1. The van der Waals surface area contributed by atoms with Crippen LogP contribution < -0.4 is 5.32 Å². The Morgan fingerprint density at radius 2 is 2.00 bits per heavy atom. The van der Waals surface area contributed by atoms with E-state index >= 15 is 0 Å². The number of urea groups is 1. The van der Waals surface area contributed by atoms with Crippen molar-refractivity contribution in [2.75, 3.05) is 13.6 Å². The van der Waals surface area contributed by atoms with Crippen molar-refractivity contribution in [3.8, 4) is 0 Å². The van der Waals surface area contributed by atoms with Crippen molar-refractivity contribution >= 4 is 12.0 Å². The number of nitrogens with one attached hydrogen (secondary N) is 1. The van der Waals surface area contributed by atoms with Gasteiger partial charge in [0.15, 0.2) is 0 Å². The zero-order chi connectivity index (χ0) is 12.3. The van der Waals surface area contributed by atoms with Crippen molar-refractivity contribution in [3.63, 3.8) is 0 Å². The summed E-state index contributed by atoms with van der Waals surface area (Å²) in [6.45, 7) is 3.88. The number of aliphatic carboxylic acids is 1. The predicted molar refractivity (Wildman–Crippen MR) is 60.1 cm³/mol. The summed E-state index contributed by atoms with van der Waals surface area (Å²) in [5, 5.41) is 11.6. The first-order valence-corrected chi connectivity index (χ1v) is 5.67. The molecule has 1 aliphatic rings. The first-order chi connectivity index (χ1) is 7.43. The molecule has 0 saturated heterocycles. The average Bonchev–Trinajstić information content (AvgIpc) is 2.98. The third kappa shape index (κ3) is 3.40. The van der Waals surface area contributed by atoms with Gasteiger partial charge in [-0.2, -0.15) is 0 Å². The molecule has 1 saturated carbocycles. The summed E-state index contributed by atoms with van der Waals surface area (Å²) in [5.74, 6) is -1.36. The minimum atomic E-state index is -0.857. The van der Waals surface area contributed by atoms with Gasteiger partial charge in [-0.1, -0.05) is 13.8 Å². The van der Waals surface area contributed by atoms with Crippen LogP contribution in [0.25, 0.3) is 0 Å². The topological polar surface area (TPSA) is 69.6 Å². The van der Waals surface area contributed by atoms with Gasteiger partial charge in [0, 0.05) is 19.6 Å². The molecule has 1 atom stereocenters. The molecule has 0 bridgehead atoms. The summed E-state index contributed by atoms with van der Waals surface area (Å²) >= 11 is 0. The van der Waals surface area contributed by atoms with Crippen molar-refractivity contribution < 1.29 is 14.7 Å². The first-order valence-electron chi connectivity index (χ1n) is 5.67. The molecule has 16 heavy (non-hydrogen) atoms. The van der Waals surface area contributed by atoms with E-state index in [1.807, 2.05) is 13.8 Å². The summed E-state index contributed by atoms with van der Waals surface area (Å²) in [7, 11) is 1.75. The van der Waals surface area contributed by atoms with Gasteiger partial charge >= 0.3 is 12.0 Å². The van der Waals surface area contributed by atoms with E-state index in [-0.39, 0.29) is 18.5 Å². The Morgan fingerprint density at radius 1 is 1.44 bits per heavy atom. The maximum absolute atomic E-state index is 11.6. The van der Waals surface area contributed by atoms with Crippen LogP contribution in [0.15, 0.2) is 0 Å². The minimum Gasteiger partial charge on any atom is -0.481 e. The molecule has 0 heterocycles. The third-order valence-corrected chi connectivity index (χ3v) is 3.01. The molecule has 5 heteroatoms. The maximum atomic E-state index is 11.6. The Bertz CT molecular complexity index is 274. The van der Waals surface area contributed by atoms with Gasteiger partial charge < -0.3 is 15.3 Å². The number of carboxylic acids is 1. The van der Waals surface area contributed by atoms with Gasteiger partial charge in [0.05, 0.1) is 5.92 Å². The number of amides is 2. The molecule has 1 rings (SSSR count). The molecular formula is C11H20N2O3. The lowest BCUT2D eigenvalue weighted by Gasteiger charge is -2.21.